The van der Waals surface area contributed by atoms with Gasteiger partial charge >= 0.3 is 0 Å². The molecular formula is C23H28ClFN2O3. The third-order valence-electron chi connectivity index (χ3n) is 4.54. The van der Waals surface area contributed by atoms with E-state index in [4.69, 9.17) is 16.3 Å². The van der Waals surface area contributed by atoms with Gasteiger partial charge in [-0.05, 0) is 48.2 Å². The highest BCUT2D eigenvalue weighted by molar-refractivity contribution is 6.31. The molecule has 2 aromatic carbocycles. The summed E-state index contributed by atoms with van der Waals surface area (Å²) >= 11 is 6.29. The summed E-state index contributed by atoms with van der Waals surface area (Å²) in [6.07, 6.45) is 0.441. The summed E-state index contributed by atoms with van der Waals surface area (Å²) in [5, 5.41) is 3.42. The van der Waals surface area contributed by atoms with Gasteiger partial charge in [0.1, 0.15) is 17.6 Å². The van der Waals surface area contributed by atoms with Crippen molar-refractivity contribution in [2.45, 2.75) is 39.8 Å². The number of nitrogens with zero attached hydrogens (tertiary/aromatic N) is 1. The van der Waals surface area contributed by atoms with Crippen LogP contribution in [0.4, 0.5) is 4.39 Å². The van der Waals surface area contributed by atoms with Crippen LogP contribution in [0.25, 0.3) is 0 Å². The topological polar surface area (TPSA) is 58.6 Å². The maximum atomic E-state index is 13.1. The van der Waals surface area contributed by atoms with Crippen molar-refractivity contribution in [3.05, 3.63) is 64.9 Å². The fourth-order valence-electron chi connectivity index (χ4n) is 2.91. The second-order valence-corrected chi connectivity index (χ2v) is 7.83. The van der Waals surface area contributed by atoms with Gasteiger partial charge in [-0.2, -0.15) is 0 Å². The summed E-state index contributed by atoms with van der Waals surface area (Å²) in [5.41, 5.74) is 0.740. The molecular weight excluding hydrogens is 407 g/mol. The molecule has 0 saturated carbocycles. The highest BCUT2D eigenvalue weighted by Gasteiger charge is 2.29. The van der Waals surface area contributed by atoms with Gasteiger partial charge in [-0.15, -0.1) is 0 Å². The van der Waals surface area contributed by atoms with E-state index in [9.17, 15) is 14.0 Å². The van der Waals surface area contributed by atoms with Crippen LogP contribution >= 0.6 is 11.6 Å². The monoisotopic (exact) mass is 434 g/mol. The fraction of sp³-hybridized carbons (Fsp3) is 0.391. The van der Waals surface area contributed by atoms with Crippen LogP contribution in [0.1, 0.15) is 32.8 Å². The number of amides is 2. The first-order valence-electron chi connectivity index (χ1n) is 10.0. The van der Waals surface area contributed by atoms with Crippen molar-refractivity contribution in [1.82, 2.24) is 10.2 Å². The van der Waals surface area contributed by atoms with Crippen LogP contribution in [0.5, 0.6) is 5.75 Å². The molecule has 1 atom stereocenters. The normalized spacial score (nSPS) is 11.8. The Bertz CT molecular complexity index is 843. The molecule has 0 radical (unpaired) electrons. The molecule has 0 unspecified atom stereocenters. The zero-order valence-electron chi connectivity index (χ0n) is 17.5. The van der Waals surface area contributed by atoms with Crippen LogP contribution in [0.2, 0.25) is 5.02 Å². The van der Waals surface area contributed by atoms with E-state index in [-0.39, 0.29) is 30.8 Å². The third-order valence-corrected chi connectivity index (χ3v) is 4.91. The lowest BCUT2D eigenvalue weighted by molar-refractivity contribution is -0.143. The van der Waals surface area contributed by atoms with Crippen LogP contribution in [0, 0.1) is 11.7 Å². The van der Waals surface area contributed by atoms with Gasteiger partial charge in [-0.3, -0.25) is 9.59 Å². The molecule has 162 valence electrons. The minimum Gasteiger partial charge on any atom is -0.484 e. The third kappa shape index (κ3) is 7.02. The number of hydrogen-bond acceptors (Lipinski definition) is 3. The largest absolute Gasteiger partial charge is 0.484 e. The predicted octanol–water partition coefficient (Wildman–Crippen LogP) is 4.44. The minimum absolute atomic E-state index is 0.179. The molecule has 0 fully saturated rings. The number of halogens is 2. The van der Waals surface area contributed by atoms with Crippen LogP contribution in [0.15, 0.2) is 48.5 Å². The molecule has 0 spiro atoms. The Morgan fingerprint density at radius 2 is 1.80 bits per heavy atom. The SMILES string of the molecule is CC[C@@H](C(=O)NCC(C)C)N(Cc1ccccc1Cl)C(=O)COc1ccc(F)cc1. The molecule has 0 heterocycles. The first-order chi connectivity index (χ1) is 14.3. The number of carbonyl (C=O) groups excluding carboxylic acids is 2. The van der Waals surface area contributed by atoms with E-state index in [2.05, 4.69) is 5.32 Å². The Kier molecular flexibility index (Phi) is 9.12. The van der Waals surface area contributed by atoms with Crippen molar-refractivity contribution in [2.24, 2.45) is 5.92 Å². The molecule has 0 aliphatic carbocycles. The van der Waals surface area contributed by atoms with Crippen molar-refractivity contribution in [3.63, 3.8) is 0 Å². The first-order valence-corrected chi connectivity index (χ1v) is 10.4. The van der Waals surface area contributed by atoms with Crippen LogP contribution in [-0.4, -0.2) is 35.9 Å². The maximum absolute atomic E-state index is 13.1. The van der Waals surface area contributed by atoms with Gasteiger partial charge in [0.15, 0.2) is 6.61 Å². The molecule has 2 rings (SSSR count). The van der Waals surface area contributed by atoms with Gasteiger partial charge in [0.05, 0.1) is 0 Å². The summed E-state index contributed by atoms with van der Waals surface area (Å²) in [6.45, 7) is 6.29. The lowest BCUT2D eigenvalue weighted by Gasteiger charge is -2.31. The minimum atomic E-state index is -0.663. The number of ether oxygens (including phenoxy) is 1. The second kappa shape index (κ2) is 11.6. The Hall–Kier alpha value is -2.60. The van der Waals surface area contributed by atoms with Crippen LogP contribution in [0.3, 0.4) is 0 Å². The van der Waals surface area contributed by atoms with Gasteiger partial charge in [0, 0.05) is 18.1 Å². The lowest BCUT2D eigenvalue weighted by Crippen LogP contribution is -2.50. The standard InChI is InChI=1S/C23H28ClFN2O3/c1-4-21(23(29)26-13-16(2)3)27(14-17-7-5-6-8-20(17)24)22(28)15-30-19-11-9-18(25)10-12-19/h5-12,16,21H,4,13-15H2,1-3H3,(H,26,29)/t21-/m0/s1. The van der Waals surface area contributed by atoms with Crippen molar-refractivity contribution in [2.75, 3.05) is 13.2 Å². The molecule has 1 N–H and O–H groups in total. The average Bonchev–Trinajstić information content (AvgIpc) is 2.72. The van der Waals surface area contributed by atoms with Gasteiger partial charge < -0.3 is 15.0 Å². The molecule has 7 heteroatoms. The summed E-state index contributed by atoms with van der Waals surface area (Å²) in [4.78, 5) is 27.3. The second-order valence-electron chi connectivity index (χ2n) is 7.42. The fourth-order valence-corrected chi connectivity index (χ4v) is 3.11. The number of rotatable bonds is 10. The van der Waals surface area contributed by atoms with E-state index in [1.165, 1.54) is 29.2 Å². The maximum Gasteiger partial charge on any atom is 0.261 e. The summed E-state index contributed by atoms with van der Waals surface area (Å²) in [5.74, 6) is -0.290. The van der Waals surface area contributed by atoms with Crippen LogP contribution in [-0.2, 0) is 16.1 Å². The Labute approximate surface area is 182 Å². The van der Waals surface area contributed by atoms with Gasteiger partial charge in [0.25, 0.3) is 5.91 Å². The Morgan fingerprint density at radius 1 is 1.13 bits per heavy atom. The van der Waals surface area contributed by atoms with Crippen molar-refractivity contribution in [1.29, 1.82) is 0 Å². The highest BCUT2D eigenvalue weighted by atomic mass is 35.5. The van der Waals surface area contributed by atoms with E-state index in [0.717, 1.165) is 5.56 Å². The van der Waals surface area contributed by atoms with E-state index >= 15 is 0 Å². The van der Waals surface area contributed by atoms with Crippen molar-refractivity contribution < 1.29 is 18.7 Å². The Morgan fingerprint density at radius 3 is 2.40 bits per heavy atom. The number of carbonyl (C=O) groups is 2. The van der Waals surface area contributed by atoms with E-state index in [1.54, 1.807) is 6.07 Å². The molecule has 0 saturated heterocycles. The van der Waals surface area contributed by atoms with E-state index in [1.807, 2.05) is 39.0 Å². The van der Waals surface area contributed by atoms with Gasteiger partial charge in [0.2, 0.25) is 5.91 Å². The smallest absolute Gasteiger partial charge is 0.261 e. The summed E-state index contributed by atoms with van der Waals surface area (Å²) in [7, 11) is 0. The zero-order chi connectivity index (χ0) is 22.1. The van der Waals surface area contributed by atoms with Crippen molar-refractivity contribution in [3.8, 4) is 5.75 Å². The molecule has 0 aromatic heterocycles. The van der Waals surface area contributed by atoms with E-state index < -0.39 is 6.04 Å². The van der Waals surface area contributed by atoms with Gasteiger partial charge in [-0.1, -0.05) is 50.6 Å². The predicted molar refractivity (Wildman–Crippen MR) is 116 cm³/mol. The highest BCUT2D eigenvalue weighted by Crippen LogP contribution is 2.20. The number of benzene rings is 2. The zero-order valence-corrected chi connectivity index (χ0v) is 18.3. The molecule has 30 heavy (non-hydrogen) atoms. The van der Waals surface area contributed by atoms with Crippen molar-refractivity contribution >= 4 is 23.4 Å². The average molecular weight is 435 g/mol. The summed E-state index contributed by atoms with van der Waals surface area (Å²) < 4.78 is 18.6. The molecule has 5 nitrogen and oxygen atoms in total. The number of nitrogens with one attached hydrogen (secondary N) is 1. The summed E-state index contributed by atoms with van der Waals surface area (Å²) in [6, 6.07) is 12.0. The van der Waals surface area contributed by atoms with E-state index in [0.29, 0.717) is 29.7 Å². The molecule has 2 aromatic rings. The molecule has 2 amide bonds. The van der Waals surface area contributed by atoms with Gasteiger partial charge in [-0.25, -0.2) is 4.39 Å². The first kappa shape index (κ1) is 23.7. The lowest BCUT2D eigenvalue weighted by atomic mass is 10.1. The molecule has 0 bridgehead atoms. The molecule has 0 aliphatic heterocycles. The number of hydrogen-bond donors (Lipinski definition) is 1. The molecule has 0 aliphatic rings. The Balaban J connectivity index is 2.19. The van der Waals surface area contributed by atoms with Crippen LogP contribution < -0.4 is 10.1 Å². The quantitative estimate of drug-likeness (QED) is 0.601.